The van der Waals surface area contributed by atoms with Crippen molar-refractivity contribution in [1.82, 2.24) is 10.6 Å². The lowest BCUT2D eigenvalue weighted by molar-refractivity contribution is -0.138. The summed E-state index contributed by atoms with van der Waals surface area (Å²) in [6.07, 6.45) is 0.939. The van der Waals surface area contributed by atoms with E-state index in [4.69, 9.17) is 31.5 Å². The molecule has 0 aliphatic carbocycles. The lowest BCUT2D eigenvalue weighted by atomic mass is 9.94. The van der Waals surface area contributed by atoms with Crippen LogP contribution in [0.3, 0.4) is 0 Å². The Balaban J connectivity index is 1.54. The fraction of sp³-hybridized carbons (Fsp3) is 0.459. The van der Waals surface area contributed by atoms with E-state index in [0.29, 0.717) is 59.6 Å². The van der Waals surface area contributed by atoms with E-state index in [0.717, 1.165) is 32.4 Å². The molecule has 2 atom stereocenters. The first-order valence-corrected chi connectivity index (χ1v) is 16.8. The summed E-state index contributed by atoms with van der Waals surface area (Å²) in [7, 11) is 1.59. The summed E-state index contributed by atoms with van der Waals surface area (Å²) < 4.78 is 18.8. The van der Waals surface area contributed by atoms with Gasteiger partial charge in [-0.3, -0.25) is 9.59 Å². The molecule has 1 aliphatic rings. The standard InChI is InChI=1S/C37H49ClN4O5/c1-37(2,3)25-42-30-17-16-27(38)23-29(30)34(47-32(36(42)44)24-33(43)41-21-18-39)28-14-8-15-31(35(28)45-4)46-22-10-20-40-19-9-13-26-11-6-5-7-12-26/h5-8,11-12,14-17,23,32,34,40H,9-10,13,18-22,24-25,39H2,1-4H3,(H,41,43). The van der Waals surface area contributed by atoms with Crippen LogP contribution in [0.15, 0.2) is 66.7 Å². The molecule has 1 aliphatic heterocycles. The van der Waals surface area contributed by atoms with Gasteiger partial charge in [0.15, 0.2) is 11.5 Å². The van der Waals surface area contributed by atoms with Crippen LogP contribution in [0.25, 0.3) is 0 Å². The third-order valence-corrected chi connectivity index (χ3v) is 8.02. The number of anilines is 1. The van der Waals surface area contributed by atoms with E-state index in [1.807, 2.05) is 36.4 Å². The van der Waals surface area contributed by atoms with E-state index in [-0.39, 0.29) is 23.7 Å². The average Bonchev–Trinajstić information content (AvgIpc) is 3.15. The van der Waals surface area contributed by atoms with Gasteiger partial charge >= 0.3 is 0 Å². The minimum atomic E-state index is -1.06. The summed E-state index contributed by atoms with van der Waals surface area (Å²) in [6.45, 7) is 9.45. The van der Waals surface area contributed by atoms with Gasteiger partial charge in [0.2, 0.25) is 5.91 Å². The summed E-state index contributed by atoms with van der Waals surface area (Å²) in [5.41, 5.74) is 8.76. The first kappa shape index (κ1) is 36.2. The molecular weight excluding hydrogens is 616 g/mol. The SMILES string of the molecule is COc1c(OCCCNCCCc2ccccc2)cccc1C1OC(CC(=O)NCCN)C(=O)N(CC(C)(C)C)c2ccc(Cl)cc21. The van der Waals surface area contributed by atoms with Crippen molar-refractivity contribution in [1.29, 1.82) is 0 Å². The Labute approximate surface area is 284 Å². The number of fused-ring (bicyclic) bond motifs is 1. The molecule has 2 unspecified atom stereocenters. The summed E-state index contributed by atoms with van der Waals surface area (Å²) >= 11 is 6.55. The number of halogens is 1. The van der Waals surface area contributed by atoms with Gasteiger partial charge in [0.25, 0.3) is 5.91 Å². The van der Waals surface area contributed by atoms with Crippen LogP contribution < -0.4 is 30.7 Å². The molecule has 0 spiro atoms. The number of methoxy groups -OCH3 is 1. The largest absolute Gasteiger partial charge is 0.492 e. The van der Waals surface area contributed by atoms with Crippen LogP contribution in [0.1, 0.15) is 62.8 Å². The molecular formula is C37H49ClN4O5. The van der Waals surface area contributed by atoms with E-state index in [1.54, 1.807) is 18.1 Å². The first-order chi connectivity index (χ1) is 22.6. The molecule has 4 rings (SSSR count). The van der Waals surface area contributed by atoms with Gasteiger partial charge in [0.05, 0.1) is 20.1 Å². The maximum atomic E-state index is 14.1. The number of para-hydroxylation sites is 1. The van der Waals surface area contributed by atoms with E-state index in [1.165, 1.54) is 5.56 Å². The normalized spacial score (nSPS) is 16.4. The lowest BCUT2D eigenvalue weighted by Crippen LogP contribution is -2.45. The maximum Gasteiger partial charge on any atom is 0.256 e. The van der Waals surface area contributed by atoms with Gasteiger partial charge in [-0.2, -0.15) is 0 Å². The number of benzene rings is 3. The molecule has 4 N–H and O–H groups in total. The second-order valence-corrected chi connectivity index (χ2v) is 13.4. The van der Waals surface area contributed by atoms with Crippen molar-refractivity contribution in [3.05, 3.63) is 88.4 Å². The Bertz CT molecular complexity index is 1460. The third-order valence-electron chi connectivity index (χ3n) is 7.79. The number of hydrogen-bond acceptors (Lipinski definition) is 7. The van der Waals surface area contributed by atoms with Crippen molar-refractivity contribution in [2.45, 2.75) is 58.7 Å². The second-order valence-electron chi connectivity index (χ2n) is 13.0. The molecule has 0 bridgehead atoms. The molecule has 1 heterocycles. The van der Waals surface area contributed by atoms with Gasteiger partial charge in [-0.25, -0.2) is 0 Å². The zero-order valence-corrected chi connectivity index (χ0v) is 28.8. The Morgan fingerprint density at radius 2 is 1.77 bits per heavy atom. The van der Waals surface area contributed by atoms with Gasteiger partial charge in [0, 0.05) is 41.5 Å². The highest BCUT2D eigenvalue weighted by Crippen LogP contribution is 2.45. The van der Waals surface area contributed by atoms with Crippen molar-refractivity contribution in [3.63, 3.8) is 0 Å². The highest BCUT2D eigenvalue weighted by molar-refractivity contribution is 6.30. The quantitative estimate of drug-likeness (QED) is 0.169. The third kappa shape index (κ3) is 10.4. The number of amides is 2. The summed E-state index contributed by atoms with van der Waals surface area (Å²) in [5, 5.41) is 6.76. The van der Waals surface area contributed by atoms with Crippen molar-refractivity contribution < 1.29 is 23.8 Å². The summed E-state index contributed by atoms with van der Waals surface area (Å²) in [5.74, 6) is 0.462. The van der Waals surface area contributed by atoms with E-state index in [2.05, 4.69) is 55.7 Å². The summed E-state index contributed by atoms with van der Waals surface area (Å²) in [6, 6.07) is 21.6. The molecule has 3 aromatic rings. The zero-order chi connectivity index (χ0) is 33.8. The minimum Gasteiger partial charge on any atom is -0.492 e. The number of rotatable bonds is 16. The molecule has 47 heavy (non-hydrogen) atoms. The Morgan fingerprint density at radius 1 is 1.00 bits per heavy atom. The molecule has 2 amide bonds. The van der Waals surface area contributed by atoms with Gasteiger partial charge in [-0.1, -0.05) is 74.8 Å². The smallest absolute Gasteiger partial charge is 0.256 e. The lowest BCUT2D eigenvalue weighted by Gasteiger charge is -2.31. The topological polar surface area (TPSA) is 115 Å². The number of nitrogens with zero attached hydrogens (tertiary/aromatic N) is 1. The zero-order valence-electron chi connectivity index (χ0n) is 28.0. The van der Waals surface area contributed by atoms with Crippen LogP contribution in [-0.4, -0.2) is 64.4 Å². The molecule has 9 nitrogen and oxygen atoms in total. The van der Waals surface area contributed by atoms with Crippen molar-refractivity contribution >= 4 is 29.1 Å². The minimum absolute atomic E-state index is 0.158. The van der Waals surface area contributed by atoms with Crippen molar-refractivity contribution in [2.24, 2.45) is 11.1 Å². The van der Waals surface area contributed by atoms with Crippen molar-refractivity contribution in [3.8, 4) is 11.5 Å². The molecule has 3 aromatic carbocycles. The highest BCUT2D eigenvalue weighted by atomic mass is 35.5. The molecule has 254 valence electrons. The number of hydrogen-bond donors (Lipinski definition) is 3. The predicted octanol–water partition coefficient (Wildman–Crippen LogP) is 5.67. The number of carbonyl (C=O) groups is 2. The van der Waals surface area contributed by atoms with Crippen LogP contribution in [0.5, 0.6) is 11.5 Å². The van der Waals surface area contributed by atoms with Crippen LogP contribution in [0, 0.1) is 5.41 Å². The number of nitrogens with one attached hydrogen (secondary N) is 2. The van der Waals surface area contributed by atoms with Crippen molar-refractivity contribution in [2.75, 3.05) is 51.3 Å². The number of nitrogens with two attached hydrogens (primary N) is 1. The fourth-order valence-electron chi connectivity index (χ4n) is 5.67. The molecule has 0 fully saturated rings. The van der Waals surface area contributed by atoms with E-state index < -0.39 is 12.2 Å². The molecule has 0 aromatic heterocycles. The van der Waals surface area contributed by atoms with E-state index in [9.17, 15) is 9.59 Å². The number of ether oxygens (including phenoxy) is 3. The van der Waals surface area contributed by atoms with Gasteiger partial charge in [-0.05, 0) is 67.6 Å². The van der Waals surface area contributed by atoms with Crippen LogP contribution in [0.4, 0.5) is 5.69 Å². The predicted molar refractivity (Wildman–Crippen MR) is 187 cm³/mol. The van der Waals surface area contributed by atoms with Crippen LogP contribution in [0.2, 0.25) is 5.02 Å². The maximum absolute atomic E-state index is 14.1. The second kappa shape index (κ2) is 17.5. The number of aryl methyl sites for hydroxylation is 1. The molecule has 0 saturated carbocycles. The van der Waals surface area contributed by atoms with Gasteiger partial charge < -0.3 is 35.5 Å². The van der Waals surface area contributed by atoms with Crippen LogP contribution >= 0.6 is 11.6 Å². The Kier molecular flexibility index (Phi) is 13.5. The first-order valence-electron chi connectivity index (χ1n) is 16.4. The van der Waals surface area contributed by atoms with Gasteiger partial charge in [0.1, 0.15) is 12.2 Å². The van der Waals surface area contributed by atoms with Crippen LogP contribution in [-0.2, 0) is 20.7 Å². The summed E-state index contributed by atoms with van der Waals surface area (Å²) in [4.78, 5) is 28.7. The van der Waals surface area contributed by atoms with E-state index >= 15 is 0 Å². The Morgan fingerprint density at radius 3 is 2.49 bits per heavy atom. The number of carbonyl (C=O) groups excluding carboxylic acids is 2. The fourth-order valence-corrected chi connectivity index (χ4v) is 5.85. The monoisotopic (exact) mass is 664 g/mol. The Hall–Kier alpha value is -3.63. The average molecular weight is 665 g/mol. The van der Waals surface area contributed by atoms with Gasteiger partial charge in [-0.15, -0.1) is 0 Å². The molecule has 0 saturated heterocycles. The molecule has 0 radical (unpaired) electrons. The molecule has 10 heteroatoms. The highest BCUT2D eigenvalue weighted by Gasteiger charge is 2.40.